The normalized spacial score (nSPS) is 16.1. The molecule has 0 N–H and O–H groups in total. The lowest BCUT2D eigenvalue weighted by Crippen LogP contribution is -2.41. The van der Waals surface area contributed by atoms with Crippen LogP contribution in [-0.4, -0.2) is 147 Å². The summed E-state index contributed by atoms with van der Waals surface area (Å²) < 4.78 is 60.9. The maximum absolute atomic E-state index is 12.6. The first kappa shape index (κ1) is 72.1. The number of halogens is 1. The highest BCUT2D eigenvalue weighted by molar-refractivity contribution is 6.76. The number of aromatic nitrogens is 10. The number of esters is 2. The van der Waals surface area contributed by atoms with Gasteiger partial charge in [-0.2, -0.15) is 19.3 Å². The molecule has 7 heterocycles. The van der Waals surface area contributed by atoms with Crippen LogP contribution in [0, 0.1) is 24.7 Å². The zero-order valence-corrected chi connectivity index (χ0v) is 60.0. The molecular formula is C65H96BClN10O12Si2. The second-order valence-corrected chi connectivity index (χ2v) is 40.3. The van der Waals surface area contributed by atoms with Crippen LogP contribution in [-0.2, 0) is 51.3 Å². The van der Waals surface area contributed by atoms with E-state index in [9.17, 15) is 9.59 Å². The average Bonchev–Trinajstić information content (AvgIpc) is 1.67. The van der Waals surface area contributed by atoms with E-state index >= 15 is 0 Å². The highest BCUT2D eigenvalue weighted by Gasteiger charge is 2.55. The van der Waals surface area contributed by atoms with E-state index in [0.717, 1.165) is 76.7 Å². The Morgan fingerprint density at radius 2 is 1.11 bits per heavy atom. The minimum absolute atomic E-state index is 0.00567. The van der Waals surface area contributed by atoms with Crippen molar-refractivity contribution in [2.24, 2.45) is 10.8 Å². The molecule has 22 nitrogen and oxygen atoms in total. The average molecular weight is 1310 g/mol. The number of hydrogen-bond donors (Lipinski definition) is 0. The highest BCUT2D eigenvalue weighted by Crippen LogP contribution is 2.48. The third-order valence-corrected chi connectivity index (χ3v) is 19.2. The molecule has 6 aromatic heterocycles. The van der Waals surface area contributed by atoms with Gasteiger partial charge in [0.1, 0.15) is 48.3 Å². The molecule has 0 atom stereocenters. The first-order valence-electron chi connectivity index (χ1n) is 31.3. The second kappa shape index (κ2) is 29.7. The van der Waals surface area contributed by atoms with Crippen LogP contribution in [0.25, 0.3) is 34.0 Å². The maximum Gasteiger partial charge on any atom is 0.496 e. The molecular weight excluding hydrogens is 1220 g/mol. The van der Waals surface area contributed by atoms with Gasteiger partial charge in [0.15, 0.2) is 11.6 Å². The van der Waals surface area contributed by atoms with Gasteiger partial charge in [0.25, 0.3) is 0 Å². The van der Waals surface area contributed by atoms with E-state index in [1.165, 1.54) is 7.11 Å². The Labute approximate surface area is 545 Å². The topological polar surface area (TPSA) is 239 Å². The fraction of sp³-hybridized carbons (Fsp3) is 0.600. The predicted octanol–water partition coefficient (Wildman–Crippen LogP) is 12.4. The van der Waals surface area contributed by atoms with Crippen molar-refractivity contribution in [2.75, 3.05) is 33.5 Å². The van der Waals surface area contributed by atoms with Gasteiger partial charge in [0.2, 0.25) is 11.8 Å². The van der Waals surface area contributed by atoms with Crippen molar-refractivity contribution in [3.63, 3.8) is 0 Å². The van der Waals surface area contributed by atoms with Gasteiger partial charge in [0.05, 0.1) is 36.2 Å². The van der Waals surface area contributed by atoms with Crippen molar-refractivity contribution in [3.8, 4) is 57.8 Å². The smallest absolute Gasteiger partial charge is 0.476 e. The summed E-state index contributed by atoms with van der Waals surface area (Å²) in [5.74, 6) is 1.62. The summed E-state index contributed by atoms with van der Waals surface area (Å²) in [4.78, 5) is 51.0. The van der Waals surface area contributed by atoms with E-state index in [1.807, 2.05) is 120 Å². The number of carbonyl (C=O) groups is 2. The minimum Gasteiger partial charge on any atom is -0.476 e. The summed E-state index contributed by atoms with van der Waals surface area (Å²) in [7, 11) is -1.33. The molecule has 0 radical (unpaired) electrons. The van der Waals surface area contributed by atoms with Crippen molar-refractivity contribution in [1.29, 1.82) is 0 Å². The predicted molar refractivity (Wildman–Crippen MR) is 356 cm³/mol. The molecule has 496 valence electrons. The molecule has 3 fully saturated rings. The van der Waals surface area contributed by atoms with Crippen LogP contribution in [0.3, 0.4) is 0 Å². The van der Waals surface area contributed by atoms with Crippen molar-refractivity contribution in [1.82, 2.24) is 49.5 Å². The number of carbonyl (C=O) groups excluding carboxylic acids is 2. The SMILES string of the molecule is CC(C)Oc1nc(-c2ccc(Cl)nc2)nn1COCC[Si](C)(C)C.COC(=O)C1(COc2cc(C)c(B3OC(C)(C)C(C)(C)O3)cn2)CC1.Cc1cc(OCC2(C(=O)OC(C)(C)C)CC2)ncc1-c1ccc(-c2nc(OC(C)C)n(COCC[Si](C)(C)C)n2)cn1. The molecule has 0 unspecified atom stereocenters. The van der Waals surface area contributed by atoms with Gasteiger partial charge >= 0.3 is 31.1 Å². The van der Waals surface area contributed by atoms with Crippen LogP contribution >= 0.6 is 11.6 Å². The summed E-state index contributed by atoms with van der Waals surface area (Å²) in [5.41, 5.74) is 3.69. The fourth-order valence-corrected chi connectivity index (χ4v) is 10.4. The molecule has 2 saturated carbocycles. The number of ether oxygens (including phenoxy) is 8. The van der Waals surface area contributed by atoms with Crippen molar-refractivity contribution < 1.29 is 56.8 Å². The molecule has 0 spiro atoms. The Balaban J connectivity index is 0.000000206. The summed E-state index contributed by atoms with van der Waals surface area (Å²) >= 11 is 5.83. The molecule has 91 heavy (non-hydrogen) atoms. The number of aryl methyl sites for hydroxylation is 2. The number of hydrogen-bond acceptors (Lipinski definition) is 20. The largest absolute Gasteiger partial charge is 0.496 e. The first-order chi connectivity index (χ1) is 42.5. The first-order valence-corrected chi connectivity index (χ1v) is 39.1. The summed E-state index contributed by atoms with van der Waals surface area (Å²) in [6.07, 6.45) is 9.95. The van der Waals surface area contributed by atoms with Gasteiger partial charge < -0.3 is 47.2 Å². The Bertz CT molecular complexity index is 3380. The zero-order valence-electron chi connectivity index (χ0n) is 57.2. The minimum atomic E-state index is -1.18. The monoisotopic (exact) mass is 1310 g/mol. The maximum atomic E-state index is 12.6. The number of methoxy groups -OCH3 is 1. The Morgan fingerprint density at radius 3 is 1.51 bits per heavy atom. The van der Waals surface area contributed by atoms with Gasteiger partial charge in [0, 0.05) is 88.4 Å². The Morgan fingerprint density at radius 1 is 0.648 bits per heavy atom. The third-order valence-electron chi connectivity index (χ3n) is 15.5. The molecule has 0 amide bonds. The lowest BCUT2D eigenvalue weighted by Gasteiger charge is -2.32. The van der Waals surface area contributed by atoms with Crippen LogP contribution in [0.2, 0.25) is 56.5 Å². The van der Waals surface area contributed by atoms with E-state index in [1.54, 1.807) is 40.2 Å². The molecule has 9 rings (SSSR count). The Kier molecular flexibility index (Phi) is 23.5. The molecule has 1 aliphatic heterocycles. The van der Waals surface area contributed by atoms with Gasteiger partial charge in [-0.15, -0.1) is 10.2 Å². The lowest BCUT2D eigenvalue weighted by molar-refractivity contribution is -0.163. The van der Waals surface area contributed by atoms with Crippen molar-refractivity contribution in [2.45, 2.75) is 210 Å². The van der Waals surface area contributed by atoms with Crippen LogP contribution in [0.4, 0.5) is 0 Å². The van der Waals surface area contributed by atoms with Crippen LogP contribution in [0.1, 0.15) is 113 Å². The third kappa shape index (κ3) is 20.8. The standard InChI is InChI=1S/C31H45N5O5Si.C18H26BNO5.C16H25ClN4O2Si/c1-21(2)40-29-34-27(35-36(29)20-38-14-15-42(7,8)9)23-10-11-25(32-17-23)24-18-33-26(16-22(24)3)39-19-31(12-13-31)28(37)41-30(4,5)6;1-12-9-14(23-11-18(7-8-18)15(21)22-6)20-10-13(12)19-24-16(2,3)17(4,5)25-19;1-12(2)23-16-19-15(13-6-7-14(17)18-10-13)20-21(16)11-22-8-9-24(3,4)5/h10-11,16-18,21H,12-15,19-20H2,1-9H3;9-10H,7-8,11H2,1-6H3;6-7,10,12H,8-9,11H2,1-5H3. The van der Waals surface area contributed by atoms with E-state index in [-0.39, 0.29) is 37.5 Å². The number of pyridine rings is 4. The number of rotatable bonds is 26. The fourth-order valence-electron chi connectivity index (χ4n) is 8.77. The van der Waals surface area contributed by atoms with Crippen LogP contribution in [0.15, 0.2) is 61.2 Å². The van der Waals surface area contributed by atoms with Crippen LogP contribution < -0.4 is 24.4 Å². The highest BCUT2D eigenvalue weighted by atomic mass is 35.5. The molecule has 0 bridgehead atoms. The second-order valence-electron chi connectivity index (χ2n) is 28.7. The van der Waals surface area contributed by atoms with E-state index in [2.05, 4.69) is 79.4 Å². The molecule has 2 aliphatic carbocycles. The molecule has 26 heteroatoms. The lowest BCUT2D eigenvalue weighted by atomic mass is 9.77. The quantitative estimate of drug-likeness (QED) is 0.0212. The van der Waals surface area contributed by atoms with Crippen LogP contribution in [0.5, 0.6) is 23.8 Å². The van der Waals surface area contributed by atoms with E-state index in [0.29, 0.717) is 67.1 Å². The van der Waals surface area contributed by atoms with Crippen molar-refractivity contribution in [3.05, 3.63) is 77.5 Å². The molecule has 6 aromatic rings. The Hall–Kier alpha value is -6.35. The van der Waals surface area contributed by atoms with Gasteiger partial charge in [-0.05, 0) is 163 Å². The number of nitrogens with zero attached hydrogens (tertiary/aromatic N) is 10. The van der Waals surface area contributed by atoms with E-state index in [4.69, 9.17) is 58.8 Å². The molecule has 1 saturated heterocycles. The van der Waals surface area contributed by atoms with Gasteiger partial charge in [-0.1, -0.05) is 50.9 Å². The van der Waals surface area contributed by atoms with Gasteiger partial charge in [-0.3, -0.25) is 14.6 Å². The van der Waals surface area contributed by atoms with E-state index < -0.39 is 50.9 Å². The molecule has 0 aromatic carbocycles. The summed E-state index contributed by atoms with van der Waals surface area (Å²) in [5, 5.41) is 9.56. The molecule has 3 aliphatic rings. The van der Waals surface area contributed by atoms with Crippen molar-refractivity contribution >= 4 is 52.3 Å². The summed E-state index contributed by atoms with van der Waals surface area (Å²) in [6, 6.07) is 14.2. The summed E-state index contributed by atoms with van der Waals surface area (Å²) in [6.45, 7) is 42.0. The van der Waals surface area contributed by atoms with Gasteiger partial charge in [-0.25, -0.2) is 15.0 Å². The zero-order chi connectivity index (χ0) is 66.9.